The van der Waals surface area contributed by atoms with Gasteiger partial charge in [0.2, 0.25) is 5.91 Å². The number of nitrogens with zero attached hydrogens (tertiary/aromatic N) is 2. The highest BCUT2D eigenvalue weighted by Gasteiger charge is 2.06. The van der Waals surface area contributed by atoms with Gasteiger partial charge in [-0.1, -0.05) is 167 Å². The first-order valence-electron chi connectivity index (χ1n) is 18.6. The van der Waals surface area contributed by atoms with E-state index in [0.29, 0.717) is 0 Å². The van der Waals surface area contributed by atoms with Crippen LogP contribution in [0.4, 0.5) is 0 Å². The molecule has 0 bridgehead atoms. The number of amides is 1. The van der Waals surface area contributed by atoms with Crippen LogP contribution in [-0.4, -0.2) is 36.9 Å². The summed E-state index contributed by atoms with van der Waals surface area (Å²) in [6.07, 6.45) is 44.0. The zero-order chi connectivity index (χ0) is 30.6. The molecule has 0 unspecified atom stereocenters. The maximum Gasteiger partial charge on any atom is 0.233 e. The zero-order valence-electron chi connectivity index (χ0n) is 28.9. The number of rotatable bonds is 35. The van der Waals surface area contributed by atoms with Gasteiger partial charge in [0.05, 0.1) is 12.9 Å². The van der Waals surface area contributed by atoms with Crippen molar-refractivity contribution in [2.45, 2.75) is 194 Å². The molecule has 0 saturated heterocycles. The number of aliphatic imine (C=N–C) groups is 1. The lowest BCUT2D eigenvalue weighted by Gasteiger charge is -2.19. The van der Waals surface area contributed by atoms with E-state index in [1.165, 1.54) is 167 Å². The molecule has 256 valence electrons. The molecule has 0 aromatic heterocycles. The maximum absolute atomic E-state index is 11.5. The lowest BCUT2D eigenvalue weighted by Crippen LogP contribution is -2.43. The monoisotopic (exact) mass is 627 g/mol. The predicted molar refractivity (Wildman–Crippen MR) is 194 cm³/mol. The second-order valence-corrected chi connectivity index (χ2v) is 12.6. The first-order valence-corrected chi connectivity index (χ1v) is 18.6. The average Bonchev–Trinajstić information content (AvgIpc) is 2.98. The number of hydrogen-bond acceptors (Lipinski definition) is 3. The highest BCUT2D eigenvalue weighted by atomic mass is 35.5. The summed E-state index contributed by atoms with van der Waals surface area (Å²) >= 11 is 0. The number of allylic oxidation sites excluding steroid dienone is 2. The SMILES string of the molecule is CCCCCCCC/C=C\CCCCCCCCN=CNN(CCCCCCCCCCCCCCCC)CC(N)=O.Cl. The molecule has 0 spiro atoms. The molecule has 43 heavy (non-hydrogen) atoms. The highest BCUT2D eigenvalue weighted by molar-refractivity contribution is 5.85. The highest BCUT2D eigenvalue weighted by Crippen LogP contribution is 2.13. The summed E-state index contributed by atoms with van der Waals surface area (Å²) in [5.41, 5.74) is 8.64. The van der Waals surface area contributed by atoms with Crippen molar-refractivity contribution in [3.05, 3.63) is 12.2 Å². The zero-order valence-corrected chi connectivity index (χ0v) is 29.8. The standard InChI is InChI=1S/C37H74N4O.ClH/c1-3-5-7-9-11-13-15-17-19-20-21-23-25-27-29-31-33-39-36-40-41(35-37(38)42)34-32-30-28-26-24-22-18-16-14-12-10-8-6-4-2;/h17,19,36H,3-16,18,20-35H2,1-2H3,(H2,38,42)(H,39,40);1H/b19-17-;. The number of primary amides is 1. The van der Waals surface area contributed by atoms with Gasteiger partial charge in [0.15, 0.2) is 0 Å². The number of halogens is 1. The van der Waals surface area contributed by atoms with Crippen LogP contribution >= 0.6 is 12.4 Å². The van der Waals surface area contributed by atoms with E-state index in [1.807, 2.05) is 5.01 Å². The Hall–Kier alpha value is -1.07. The largest absolute Gasteiger partial charge is 0.368 e. The lowest BCUT2D eigenvalue weighted by atomic mass is 10.0. The molecule has 0 fully saturated rings. The molecule has 0 aromatic carbocycles. The number of carbonyl (C=O) groups excluding carboxylic acids is 1. The third kappa shape index (κ3) is 38.9. The van der Waals surface area contributed by atoms with Gasteiger partial charge in [-0.2, -0.15) is 0 Å². The summed E-state index contributed by atoms with van der Waals surface area (Å²) in [5, 5.41) is 1.91. The molecule has 0 aliphatic carbocycles. The Balaban J connectivity index is 0. The smallest absolute Gasteiger partial charge is 0.233 e. The Morgan fingerprint density at radius 2 is 0.953 bits per heavy atom. The Kier molecular flexibility index (Phi) is 39.9. The molecule has 0 heterocycles. The molecule has 0 saturated carbocycles. The third-order valence-corrected chi connectivity index (χ3v) is 8.26. The first kappa shape index (κ1) is 44.1. The number of unbranched alkanes of at least 4 members (excludes halogenated alkanes) is 25. The van der Waals surface area contributed by atoms with E-state index in [0.717, 1.165) is 25.9 Å². The quantitative estimate of drug-likeness (QED) is 0.0242. The number of carbonyl (C=O) groups is 1. The van der Waals surface area contributed by atoms with Crippen molar-refractivity contribution in [3.8, 4) is 0 Å². The Morgan fingerprint density at radius 3 is 1.37 bits per heavy atom. The van der Waals surface area contributed by atoms with Gasteiger partial charge >= 0.3 is 0 Å². The van der Waals surface area contributed by atoms with Crippen LogP contribution in [0.3, 0.4) is 0 Å². The van der Waals surface area contributed by atoms with Gasteiger partial charge < -0.3 is 11.2 Å². The van der Waals surface area contributed by atoms with Gasteiger partial charge in [-0.3, -0.25) is 9.79 Å². The van der Waals surface area contributed by atoms with Crippen molar-refractivity contribution in [2.24, 2.45) is 10.7 Å². The molecule has 3 N–H and O–H groups in total. The molecule has 0 aliphatic heterocycles. The Bertz CT molecular complexity index is 599. The summed E-state index contributed by atoms with van der Waals surface area (Å²) < 4.78 is 0. The molecule has 0 aliphatic rings. The first-order chi connectivity index (χ1) is 20.7. The summed E-state index contributed by atoms with van der Waals surface area (Å²) in [6.45, 7) is 6.48. The number of nitrogens with one attached hydrogen (secondary N) is 1. The fraction of sp³-hybridized carbons (Fsp3) is 0.892. The van der Waals surface area contributed by atoms with Crippen LogP contribution in [-0.2, 0) is 4.79 Å². The molecule has 6 heteroatoms. The van der Waals surface area contributed by atoms with E-state index in [4.69, 9.17) is 5.73 Å². The van der Waals surface area contributed by atoms with Crippen LogP contribution in [0.25, 0.3) is 0 Å². The van der Waals surface area contributed by atoms with Crippen LogP contribution < -0.4 is 11.2 Å². The van der Waals surface area contributed by atoms with Crippen LogP contribution in [0.2, 0.25) is 0 Å². The maximum atomic E-state index is 11.5. The van der Waals surface area contributed by atoms with Crippen LogP contribution in [0.5, 0.6) is 0 Å². The van der Waals surface area contributed by atoms with Crippen molar-refractivity contribution >= 4 is 24.7 Å². The van der Waals surface area contributed by atoms with E-state index in [2.05, 4.69) is 36.4 Å². The fourth-order valence-electron chi connectivity index (χ4n) is 5.51. The third-order valence-electron chi connectivity index (χ3n) is 8.26. The van der Waals surface area contributed by atoms with Gasteiger partial charge in [-0.15, -0.1) is 12.4 Å². The Labute approximate surface area is 275 Å². The van der Waals surface area contributed by atoms with E-state index in [9.17, 15) is 4.79 Å². The van der Waals surface area contributed by atoms with Crippen molar-refractivity contribution in [3.63, 3.8) is 0 Å². The predicted octanol–water partition coefficient (Wildman–Crippen LogP) is 11.2. The van der Waals surface area contributed by atoms with Crippen molar-refractivity contribution in [1.29, 1.82) is 0 Å². The van der Waals surface area contributed by atoms with Gasteiger partial charge in [-0.05, 0) is 38.5 Å². The molecule has 0 radical (unpaired) electrons. The molecule has 1 amide bonds. The minimum atomic E-state index is -0.297. The molecule has 0 aromatic rings. The minimum absolute atomic E-state index is 0. The molecular weight excluding hydrogens is 552 g/mol. The van der Waals surface area contributed by atoms with Crippen LogP contribution in [0, 0.1) is 0 Å². The number of hydrogen-bond donors (Lipinski definition) is 2. The Morgan fingerprint density at radius 1 is 0.581 bits per heavy atom. The number of hydrazine groups is 1. The molecule has 0 rings (SSSR count). The normalized spacial score (nSPS) is 11.6. The van der Waals surface area contributed by atoms with Gasteiger partial charge in [0, 0.05) is 13.1 Å². The van der Waals surface area contributed by atoms with E-state index >= 15 is 0 Å². The second kappa shape index (κ2) is 39.0. The van der Waals surface area contributed by atoms with Crippen LogP contribution in [0.1, 0.15) is 194 Å². The average molecular weight is 627 g/mol. The topological polar surface area (TPSA) is 70.7 Å². The second-order valence-electron chi connectivity index (χ2n) is 12.6. The summed E-state index contributed by atoms with van der Waals surface area (Å²) in [7, 11) is 0. The summed E-state index contributed by atoms with van der Waals surface area (Å²) in [4.78, 5) is 16.0. The van der Waals surface area contributed by atoms with Gasteiger partial charge in [0.1, 0.15) is 0 Å². The summed E-state index contributed by atoms with van der Waals surface area (Å²) in [5.74, 6) is -0.297. The van der Waals surface area contributed by atoms with Gasteiger partial charge in [-0.25, -0.2) is 5.01 Å². The molecular formula is C37H75ClN4O. The minimum Gasteiger partial charge on any atom is -0.368 e. The molecule has 0 atom stereocenters. The van der Waals surface area contributed by atoms with Gasteiger partial charge in [0.25, 0.3) is 0 Å². The summed E-state index contributed by atoms with van der Waals surface area (Å²) in [6, 6.07) is 0. The van der Waals surface area contributed by atoms with E-state index in [-0.39, 0.29) is 24.9 Å². The number of nitrogens with two attached hydrogens (primary N) is 1. The van der Waals surface area contributed by atoms with Crippen molar-refractivity contribution in [1.82, 2.24) is 10.4 Å². The fourth-order valence-corrected chi connectivity index (χ4v) is 5.51. The molecule has 5 nitrogen and oxygen atoms in total. The van der Waals surface area contributed by atoms with E-state index < -0.39 is 0 Å². The lowest BCUT2D eigenvalue weighted by molar-refractivity contribution is -0.119. The van der Waals surface area contributed by atoms with Crippen LogP contribution in [0.15, 0.2) is 17.1 Å². The van der Waals surface area contributed by atoms with E-state index in [1.54, 1.807) is 6.34 Å². The van der Waals surface area contributed by atoms with Crippen molar-refractivity contribution < 1.29 is 4.79 Å². The van der Waals surface area contributed by atoms with Crippen molar-refractivity contribution in [2.75, 3.05) is 19.6 Å².